The van der Waals surface area contributed by atoms with Gasteiger partial charge in [0.15, 0.2) is 0 Å². The first-order valence-electron chi connectivity index (χ1n) is 9.71. The van der Waals surface area contributed by atoms with E-state index in [1.165, 1.54) is 12.1 Å². The maximum Gasteiger partial charge on any atom is 0.130 e. The number of methoxy groups -OCH3 is 1. The van der Waals surface area contributed by atoms with Crippen LogP contribution in [0.1, 0.15) is 34.3 Å². The molecule has 2 heterocycles. The van der Waals surface area contributed by atoms with Crippen molar-refractivity contribution in [2.24, 2.45) is 0 Å². The van der Waals surface area contributed by atoms with Gasteiger partial charge in [-0.25, -0.2) is 4.39 Å². The van der Waals surface area contributed by atoms with Gasteiger partial charge in [-0.15, -0.1) is 0 Å². The zero-order chi connectivity index (χ0) is 21.1. The Morgan fingerprint density at radius 3 is 2.83 bits per heavy atom. The van der Waals surface area contributed by atoms with Crippen LogP contribution in [0.15, 0.2) is 52.9 Å². The summed E-state index contributed by atoms with van der Waals surface area (Å²) >= 11 is 6.13. The SMILES string of the molecule is COCc1ccc(CN2CCOc3ccc([C@@H](O)c4c(F)cccc4Cl)cc3C2)o1. The quantitative estimate of drug-likeness (QED) is 0.613. The summed E-state index contributed by atoms with van der Waals surface area (Å²) in [5, 5.41) is 11.0. The number of rotatable bonds is 6. The number of ether oxygens (including phenoxy) is 2. The van der Waals surface area contributed by atoms with Crippen molar-refractivity contribution in [1.82, 2.24) is 4.90 Å². The van der Waals surface area contributed by atoms with E-state index >= 15 is 0 Å². The number of aliphatic hydroxyl groups is 1. The molecule has 0 amide bonds. The highest BCUT2D eigenvalue weighted by atomic mass is 35.5. The number of furan rings is 1. The summed E-state index contributed by atoms with van der Waals surface area (Å²) in [6.07, 6.45) is -1.16. The van der Waals surface area contributed by atoms with E-state index in [1.807, 2.05) is 24.3 Å². The summed E-state index contributed by atoms with van der Waals surface area (Å²) in [4.78, 5) is 2.20. The molecule has 5 nitrogen and oxygen atoms in total. The number of aliphatic hydroxyl groups excluding tert-OH is 1. The van der Waals surface area contributed by atoms with Crippen LogP contribution in [0, 0.1) is 5.82 Å². The van der Waals surface area contributed by atoms with Crippen LogP contribution < -0.4 is 4.74 Å². The first-order chi connectivity index (χ1) is 14.5. The van der Waals surface area contributed by atoms with Gasteiger partial charge in [-0.2, -0.15) is 0 Å². The summed E-state index contributed by atoms with van der Waals surface area (Å²) in [6, 6.07) is 13.6. The minimum absolute atomic E-state index is 0.0757. The second kappa shape index (κ2) is 9.18. The van der Waals surface area contributed by atoms with Crippen LogP contribution >= 0.6 is 11.6 Å². The van der Waals surface area contributed by atoms with Gasteiger partial charge in [-0.05, 0) is 42.0 Å². The van der Waals surface area contributed by atoms with Crippen molar-refractivity contribution in [3.8, 4) is 5.75 Å². The second-order valence-electron chi connectivity index (χ2n) is 7.27. The lowest BCUT2D eigenvalue weighted by atomic mass is 9.98. The van der Waals surface area contributed by atoms with Crippen molar-refractivity contribution < 1.29 is 23.4 Å². The first-order valence-corrected chi connectivity index (χ1v) is 10.1. The summed E-state index contributed by atoms with van der Waals surface area (Å²) in [6.45, 7) is 2.94. The number of fused-ring (bicyclic) bond motifs is 1. The fourth-order valence-corrected chi connectivity index (χ4v) is 3.93. The Labute approximate surface area is 179 Å². The Morgan fingerprint density at radius 2 is 2.03 bits per heavy atom. The molecule has 0 bridgehead atoms. The summed E-state index contributed by atoms with van der Waals surface area (Å²) in [5.41, 5.74) is 1.55. The highest BCUT2D eigenvalue weighted by Gasteiger charge is 2.22. The maximum absolute atomic E-state index is 14.3. The third-order valence-electron chi connectivity index (χ3n) is 5.12. The Kier molecular flexibility index (Phi) is 6.39. The number of benzene rings is 2. The fraction of sp³-hybridized carbons (Fsp3) is 0.304. The van der Waals surface area contributed by atoms with Crippen LogP contribution in [0.3, 0.4) is 0 Å². The highest BCUT2D eigenvalue weighted by Crippen LogP contribution is 2.34. The Bertz CT molecular complexity index is 1000. The van der Waals surface area contributed by atoms with E-state index in [9.17, 15) is 9.50 Å². The van der Waals surface area contributed by atoms with Gasteiger partial charge in [0.25, 0.3) is 0 Å². The molecule has 158 valence electrons. The molecule has 1 N–H and O–H groups in total. The predicted molar refractivity (Wildman–Crippen MR) is 111 cm³/mol. The van der Waals surface area contributed by atoms with Gasteiger partial charge in [0.2, 0.25) is 0 Å². The Morgan fingerprint density at radius 1 is 1.20 bits per heavy atom. The number of nitrogens with zero attached hydrogens (tertiary/aromatic N) is 1. The summed E-state index contributed by atoms with van der Waals surface area (Å²) in [7, 11) is 1.63. The van der Waals surface area contributed by atoms with E-state index in [1.54, 1.807) is 19.2 Å². The molecule has 1 aromatic heterocycles. The molecule has 0 saturated carbocycles. The predicted octanol–water partition coefficient (Wildman–Crippen LogP) is 4.69. The average Bonchev–Trinajstić information content (AvgIpc) is 3.05. The van der Waals surface area contributed by atoms with Gasteiger partial charge < -0.3 is 19.0 Å². The molecule has 0 saturated heterocycles. The van der Waals surface area contributed by atoms with Crippen molar-refractivity contribution in [3.63, 3.8) is 0 Å². The molecule has 0 unspecified atom stereocenters. The molecule has 0 spiro atoms. The van der Waals surface area contributed by atoms with E-state index in [-0.39, 0.29) is 10.6 Å². The van der Waals surface area contributed by atoms with Crippen LogP contribution in [0.4, 0.5) is 4.39 Å². The maximum atomic E-state index is 14.3. The minimum Gasteiger partial charge on any atom is -0.492 e. The minimum atomic E-state index is -1.16. The number of hydrogen-bond donors (Lipinski definition) is 1. The van der Waals surface area contributed by atoms with Crippen LogP contribution in [-0.4, -0.2) is 30.3 Å². The molecule has 0 fully saturated rings. The van der Waals surface area contributed by atoms with E-state index in [0.717, 1.165) is 29.4 Å². The normalized spacial score (nSPS) is 15.3. The van der Waals surface area contributed by atoms with Crippen molar-refractivity contribution in [2.75, 3.05) is 20.3 Å². The largest absolute Gasteiger partial charge is 0.492 e. The van der Waals surface area contributed by atoms with Gasteiger partial charge in [-0.3, -0.25) is 4.90 Å². The molecular formula is C23H23ClFNO4. The van der Waals surface area contributed by atoms with Crippen LogP contribution in [0.5, 0.6) is 5.75 Å². The van der Waals surface area contributed by atoms with Crippen LogP contribution in [0.25, 0.3) is 0 Å². The summed E-state index contributed by atoms with van der Waals surface area (Å²) in [5.74, 6) is 1.85. The molecule has 0 radical (unpaired) electrons. The highest BCUT2D eigenvalue weighted by molar-refractivity contribution is 6.31. The molecule has 1 atom stereocenters. The standard InChI is InChI=1S/C23H23ClFNO4/c1-28-14-18-7-6-17(30-18)13-26-9-10-29-21-8-5-15(11-16(21)12-26)23(27)22-19(24)3-2-4-20(22)25/h2-8,11,23,27H,9-10,12-14H2,1H3/t23-/m1/s1. The molecular weight excluding hydrogens is 409 g/mol. The van der Waals surface area contributed by atoms with E-state index in [0.29, 0.717) is 31.9 Å². The zero-order valence-corrected chi connectivity index (χ0v) is 17.4. The lowest BCUT2D eigenvalue weighted by Crippen LogP contribution is -2.25. The number of halogens is 2. The molecule has 30 heavy (non-hydrogen) atoms. The molecule has 4 rings (SSSR count). The lowest BCUT2D eigenvalue weighted by Gasteiger charge is -2.19. The van der Waals surface area contributed by atoms with E-state index in [2.05, 4.69) is 4.90 Å². The van der Waals surface area contributed by atoms with E-state index in [4.69, 9.17) is 25.5 Å². The van der Waals surface area contributed by atoms with Crippen LogP contribution in [0.2, 0.25) is 5.02 Å². The molecule has 1 aliphatic rings. The van der Waals surface area contributed by atoms with Crippen molar-refractivity contribution in [3.05, 3.63) is 87.6 Å². The lowest BCUT2D eigenvalue weighted by molar-refractivity contribution is 0.157. The summed E-state index contributed by atoms with van der Waals surface area (Å²) < 4.78 is 31.0. The molecule has 3 aromatic rings. The first kappa shape index (κ1) is 20.9. The van der Waals surface area contributed by atoms with Gasteiger partial charge in [0, 0.05) is 36.3 Å². The van der Waals surface area contributed by atoms with Gasteiger partial charge >= 0.3 is 0 Å². The zero-order valence-electron chi connectivity index (χ0n) is 16.6. The Balaban J connectivity index is 1.55. The van der Waals surface area contributed by atoms with Gasteiger partial charge in [0.1, 0.15) is 42.4 Å². The second-order valence-corrected chi connectivity index (χ2v) is 7.67. The monoisotopic (exact) mass is 431 g/mol. The smallest absolute Gasteiger partial charge is 0.130 e. The van der Waals surface area contributed by atoms with E-state index < -0.39 is 11.9 Å². The molecule has 7 heteroatoms. The topological polar surface area (TPSA) is 55.1 Å². The molecule has 2 aromatic carbocycles. The fourth-order valence-electron chi connectivity index (χ4n) is 3.66. The van der Waals surface area contributed by atoms with Gasteiger partial charge in [-0.1, -0.05) is 23.7 Å². The molecule has 1 aliphatic heterocycles. The van der Waals surface area contributed by atoms with Crippen LogP contribution in [-0.2, 0) is 24.4 Å². The van der Waals surface area contributed by atoms with Crippen molar-refractivity contribution in [2.45, 2.75) is 25.8 Å². The van der Waals surface area contributed by atoms with Crippen molar-refractivity contribution >= 4 is 11.6 Å². The number of hydrogen-bond acceptors (Lipinski definition) is 5. The van der Waals surface area contributed by atoms with Gasteiger partial charge in [0.05, 0.1) is 6.54 Å². The molecule has 0 aliphatic carbocycles. The van der Waals surface area contributed by atoms with Crippen molar-refractivity contribution in [1.29, 1.82) is 0 Å². The Hall–Kier alpha value is -2.38. The third kappa shape index (κ3) is 4.52. The third-order valence-corrected chi connectivity index (χ3v) is 5.45. The average molecular weight is 432 g/mol.